The monoisotopic (exact) mass is 418 g/mol. The molecule has 0 radical (unpaired) electrons. The molecular formula is C19H25F3N2O5. The maximum atomic E-state index is 12.5. The van der Waals surface area contributed by atoms with Crippen molar-refractivity contribution in [3.05, 3.63) is 35.9 Å². The van der Waals surface area contributed by atoms with Crippen LogP contribution in [0.1, 0.15) is 32.8 Å². The molecule has 0 unspecified atom stereocenters. The molecule has 0 saturated heterocycles. The molecule has 0 aliphatic rings. The second kappa shape index (κ2) is 10.8. The number of carbonyl (C=O) groups is 3. The fourth-order valence-corrected chi connectivity index (χ4v) is 2.25. The zero-order valence-electron chi connectivity index (χ0n) is 16.4. The summed E-state index contributed by atoms with van der Waals surface area (Å²) in [5.74, 6) is -4.55. The van der Waals surface area contributed by atoms with E-state index < -0.39 is 42.2 Å². The molecule has 3 N–H and O–H groups in total. The molecule has 0 fully saturated rings. The number of carbonyl (C=O) groups excluding carboxylic acids is 3. The van der Waals surface area contributed by atoms with Gasteiger partial charge in [-0.2, -0.15) is 13.2 Å². The van der Waals surface area contributed by atoms with Gasteiger partial charge in [0.25, 0.3) is 0 Å². The van der Waals surface area contributed by atoms with Gasteiger partial charge in [0.1, 0.15) is 12.7 Å². The predicted molar refractivity (Wildman–Crippen MR) is 97.2 cm³/mol. The fraction of sp³-hybridized carbons (Fsp3) is 0.526. The van der Waals surface area contributed by atoms with Crippen LogP contribution in [-0.4, -0.2) is 42.2 Å². The molecule has 7 nitrogen and oxygen atoms in total. The molecule has 0 aliphatic heterocycles. The van der Waals surface area contributed by atoms with Gasteiger partial charge in [-0.25, -0.2) is 9.59 Å². The second-order valence-electron chi connectivity index (χ2n) is 6.60. The average molecular weight is 418 g/mol. The summed E-state index contributed by atoms with van der Waals surface area (Å²) in [6, 6.07) is 5.86. The lowest BCUT2D eigenvalue weighted by Gasteiger charge is -2.26. The molecule has 162 valence electrons. The highest BCUT2D eigenvalue weighted by atomic mass is 19.4. The summed E-state index contributed by atoms with van der Waals surface area (Å²) in [5, 5.41) is 2.24. The van der Waals surface area contributed by atoms with E-state index >= 15 is 0 Å². The van der Waals surface area contributed by atoms with Gasteiger partial charge in [-0.1, -0.05) is 50.6 Å². The summed E-state index contributed by atoms with van der Waals surface area (Å²) < 4.78 is 46.8. The normalized spacial score (nSPS) is 15.6. The van der Waals surface area contributed by atoms with Crippen molar-refractivity contribution in [2.75, 3.05) is 0 Å². The Kier molecular flexibility index (Phi) is 9.09. The van der Waals surface area contributed by atoms with Crippen molar-refractivity contribution in [3.63, 3.8) is 0 Å². The Hall–Kier alpha value is -2.62. The third-order valence-corrected chi connectivity index (χ3v) is 4.33. The molecule has 0 aromatic heterocycles. The van der Waals surface area contributed by atoms with Crippen molar-refractivity contribution in [1.29, 1.82) is 0 Å². The molecular weight excluding hydrogens is 393 g/mol. The maximum absolute atomic E-state index is 12.5. The number of esters is 2. The van der Waals surface area contributed by atoms with Gasteiger partial charge in [0.05, 0.1) is 6.04 Å². The van der Waals surface area contributed by atoms with Crippen molar-refractivity contribution in [2.24, 2.45) is 11.7 Å². The minimum atomic E-state index is -5.25. The number of nitrogens with two attached hydrogens (primary N) is 1. The molecule has 0 spiro atoms. The van der Waals surface area contributed by atoms with Crippen molar-refractivity contribution < 1.29 is 37.0 Å². The van der Waals surface area contributed by atoms with Crippen LogP contribution in [0.15, 0.2) is 30.3 Å². The Morgan fingerprint density at radius 2 is 1.72 bits per heavy atom. The molecule has 1 amide bonds. The standard InChI is InChI=1S/C19H25F3N2O5/c1-4-11(2)14(23)16(25)24-15(12(3)29-18(27)19(20,21)22)17(26)28-10-13-8-6-5-7-9-13/h5-9,11-12,14-15H,4,10,23H2,1-3H3,(H,24,25)/t11-,12-,14-,15-/m0/s1. The predicted octanol–water partition coefficient (Wildman–Crippen LogP) is 2.08. The maximum Gasteiger partial charge on any atom is 0.490 e. The van der Waals surface area contributed by atoms with Gasteiger partial charge >= 0.3 is 18.1 Å². The van der Waals surface area contributed by atoms with E-state index in [0.717, 1.165) is 6.92 Å². The highest BCUT2D eigenvalue weighted by Crippen LogP contribution is 2.19. The molecule has 0 bridgehead atoms. The lowest BCUT2D eigenvalue weighted by atomic mass is 9.99. The first-order valence-electron chi connectivity index (χ1n) is 9.01. The van der Waals surface area contributed by atoms with Crippen LogP contribution in [0.25, 0.3) is 0 Å². The van der Waals surface area contributed by atoms with E-state index in [1.165, 1.54) is 0 Å². The molecule has 4 atom stereocenters. The Balaban J connectivity index is 2.92. The van der Waals surface area contributed by atoms with E-state index in [2.05, 4.69) is 10.1 Å². The quantitative estimate of drug-likeness (QED) is 0.595. The van der Waals surface area contributed by atoms with Crippen molar-refractivity contribution in [1.82, 2.24) is 5.32 Å². The first-order valence-corrected chi connectivity index (χ1v) is 9.01. The van der Waals surface area contributed by atoms with Crippen molar-refractivity contribution in [2.45, 2.75) is 58.2 Å². The topological polar surface area (TPSA) is 108 Å². The smallest absolute Gasteiger partial charge is 0.459 e. The van der Waals surface area contributed by atoms with Gasteiger partial charge < -0.3 is 20.5 Å². The fourth-order valence-electron chi connectivity index (χ4n) is 2.25. The summed E-state index contributed by atoms with van der Waals surface area (Å²) in [7, 11) is 0. The number of nitrogens with one attached hydrogen (secondary N) is 1. The second-order valence-corrected chi connectivity index (χ2v) is 6.60. The molecule has 0 saturated carbocycles. The first-order chi connectivity index (χ1) is 13.5. The molecule has 10 heteroatoms. The number of hydrogen-bond acceptors (Lipinski definition) is 6. The lowest BCUT2D eigenvalue weighted by molar-refractivity contribution is -0.206. The third-order valence-electron chi connectivity index (χ3n) is 4.33. The Labute approximate surface area is 166 Å². The average Bonchev–Trinajstić information content (AvgIpc) is 2.68. The number of alkyl halides is 3. The number of ether oxygens (including phenoxy) is 2. The Morgan fingerprint density at radius 1 is 1.14 bits per heavy atom. The van der Waals surface area contributed by atoms with Gasteiger partial charge in [0.2, 0.25) is 5.91 Å². The summed E-state index contributed by atoms with van der Waals surface area (Å²) in [4.78, 5) is 35.9. The van der Waals surface area contributed by atoms with E-state index in [0.29, 0.717) is 12.0 Å². The summed E-state index contributed by atoms with van der Waals surface area (Å²) >= 11 is 0. The van der Waals surface area contributed by atoms with Crippen LogP contribution in [0.2, 0.25) is 0 Å². The van der Waals surface area contributed by atoms with Crippen LogP contribution >= 0.6 is 0 Å². The molecule has 0 heterocycles. The van der Waals surface area contributed by atoms with E-state index in [4.69, 9.17) is 10.5 Å². The van der Waals surface area contributed by atoms with Crippen LogP contribution in [-0.2, 0) is 30.5 Å². The van der Waals surface area contributed by atoms with E-state index in [1.54, 1.807) is 44.2 Å². The molecule has 29 heavy (non-hydrogen) atoms. The van der Waals surface area contributed by atoms with Gasteiger partial charge in [0, 0.05) is 0 Å². The highest BCUT2D eigenvalue weighted by Gasteiger charge is 2.44. The zero-order valence-corrected chi connectivity index (χ0v) is 16.4. The zero-order chi connectivity index (χ0) is 22.2. The van der Waals surface area contributed by atoms with Crippen LogP contribution in [0.5, 0.6) is 0 Å². The van der Waals surface area contributed by atoms with Crippen LogP contribution in [0.3, 0.4) is 0 Å². The first kappa shape index (κ1) is 24.4. The van der Waals surface area contributed by atoms with Gasteiger partial charge in [-0.05, 0) is 18.4 Å². The van der Waals surface area contributed by atoms with E-state index in [9.17, 15) is 27.6 Å². The number of halogens is 3. The molecule has 1 rings (SSSR count). The van der Waals surface area contributed by atoms with Crippen LogP contribution in [0, 0.1) is 5.92 Å². The number of benzene rings is 1. The Morgan fingerprint density at radius 3 is 2.24 bits per heavy atom. The third kappa shape index (κ3) is 7.72. The minimum Gasteiger partial charge on any atom is -0.459 e. The number of hydrogen-bond donors (Lipinski definition) is 2. The van der Waals surface area contributed by atoms with Crippen molar-refractivity contribution in [3.8, 4) is 0 Å². The highest BCUT2D eigenvalue weighted by molar-refractivity contribution is 5.88. The molecule has 1 aromatic carbocycles. The molecule has 0 aliphatic carbocycles. The SMILES string of the molecule is CC[C@H](C)[C@H](N)C(=O)N[C@H](C(=O)OCc1ccccc1)[C@H](C)OC(=O)C(F)(F)F. The van der Waals surface area contributed by atoms with E-state index in [1.807, 2.05) is 0 Å². The lowest BCUT2D eigenvalue weighted by Crippen LogP contribution is -2.55. The Bertz CT molecular complexity index is 697. The minimum absolute atomic E-state index is 0.177. The van der Waals surface area contributed by atoms with Crippen LogP contribution < -0.4 is 11.1 Å². The number of rotatable bonds is 9. The van der Waals surface area contributed by atoms with Gasteiger partial charge in [-0.15, -0.1) is 0 Å². The number of amides is 1. The van der Waals surface area contributed by atoms with Gasteiger partial charge in [0.15, 0.2) is 6.04 Å². The van der Waals surface area contributed by atoms with Crippen LogP contribution in [0.4, 0.5) is 13.2 Å². The van der Waals surface area contributed by atoms with E-state index in [-0.39, 0.29) is 12.5 Å². The summed E-state index contributed by atoms with van der Waals surface area (Å²) in [6.07, 6.45) is -6.32. The summed E-state index contributed by atoms with van der Waals surface area (Å²) in [5.41, 5.74) is 6.43. The molecule has 1 aromatic rings. The van der Waals surface area contributed by atoms with Crippen molar-refractivity contribution >= 4 is 17.8 Å². The van der Waals surface area contributed by atoms with Gasteiger partial charge in [-0.3, -0.25) is 4.79 Å². The summed E-state index contributed by atoms with van der Waals surface area (Å²) in [6.45, 7) is 4.38. The largest absolute Gasteiger partial charge is 0.490 e.